The molecule has 1 aromatic carbocycles. The number of amides is 1. The maximum absolute atomic E-state index is 13.1. The van der Waals surface area contributed by atoms with Crippen molar-refractivity contribution in [2.24, 2.45) is 0 Å². The lowest BCUT2D eigenvalue weighted by Crippen LogP contribution is -2.36. The van der Waals surface area contributed by atoms with E-state index in [0.29, 0.717) is 13.1 Å². The smallest absolute Gasteiger partial charge is 0.323 e. The lowest BCUT2D eigenvalue weighted by atomic mass is 10.2. The van der Waals surface area contributed by atoms with Gasteiger partial charge in [-0.2, -0.15) is 4.31 Å². The van der Waals surface area contributed by atoms with Gasteiger partial charge in [-0.15, -0.1) is 0 Å². The number of carboxylic acid groups (broad SMARTS) is 1. The normalized spacial score (nSPS) is 15.8. The fraction of sp³-hybridized carbons (Fsp3) is 0.556. The number of nitrogens with zero attached hydrogens (tertiary/aromatic N) is 2. The SMILES string of the molecule is CCN(CC(=O)O)C(=O)c1ccc(OC)c(S(=O)(=O)N2CCCCCC2)c1. The fourth-order valence-corrected chi connectivity index (χ4v) is 4.80. The molecule has 0 saturated carbocycles. The van der Waals surface area contributed by atoms with Crippen molar-refractivity contribution < 1.29 is 27.9 Å². The Labute approximate surface area is 159 Å². The van der Waals surface area contributed by atoms with Gasteiger partial charge in [0.05, 0.1) is 7.11 Å². The molecule has 150 valence electrons. The van der Waals surface area contributed by atoms with Crippen molar-refractivity contribution in [1.82, 2.24) is 9.21 Å². The van der Waals surface area contributed by atoms with Crippen molar-refractivity contribution in [3.05, 3.63) is 23.8 Å². The predicted molar refractivity (Wildman–Crippen MR) is 99.4 cm³/mol. The van der Waals surface area contributed by atoms with Crippen molar-refractivity contribution in [1.29, 1.82) is 0 Å². The van der Waals surface area contributed by atoms with Crippen LogP contribution in [0.25, 0.3) is 0 Å². The molecule has 0 radical (unpaired) electrons. The zero-order valence-corrected chi connectivity index (χ0v) is 16.5. The van der Waals surface area contributed by atoms with E-state index in [9.17, 15) is 18.0 Å². The standard InChI is InChI=1S/C18H26N2O6S/c1-3-19(13-17(21)22)18(23)14-8-9-15(26-2)16(12-14)27(24,25)20-10-6-4-5-7-11-20/h8-9,12H,3-7,10-11,13H2,1-2H3,(H,21,22). The van der Waals surface area contributed by atoms with Crippen molar-refractivity contribution >= 4 is 21.9 Å². The Balaban J connectivity index is 2.42. The number of rotatable bonds is 7. The summed E-state index contributed by atoms with van der Waals surface area (Å²) in [6.45, 7) is 2.29. The van der Waals surface area contributed by atoms with E-state index in [1.807, 2.05) is 0 Å². The molecule has 1 aliphatic heterocycles. The molecule has 9 heteroatoms. The minimum atomic E-state index is -3.82. The van der Waals surface area contributed by atoms with Crippen LogP contribution in [0, 0.1) is 0 Å². The molecule has 0 bridgehead atoms. The van der Waals surface area contributed by atoms with Crippen LogP contribution in [0.15, 0.2) is 23.1 Å². The molecule has 0 spiro atoms. The van der Waals surface area contributed by atoms with E-state index in [-0.39, 0.29) is 22.8 Å². The minimum absolute atomic E-state index is 0.0656. The molecule has 1 aromatic rings. The molecule has 2 rings (SSSR count). The highest BCUT2D eigenvalue weighted by Crippen LogP contribution is 2.29. The van der Waals surface area contributed by atoms with Gasteiger partial charge in [-0.25, -0.2) is 8.42 Å². The van der Waals surface area contributed by atoms with Crippen LogP contribution >= 0.6 is 0 Å². The zero-order valence-electron chi connectivity index (χ0n) is 15.7. The molecule has 1 fully saturated rings. The monoisotopic (exact) mass is 398 g/mol. The Kier molecular flexibility index (Phi) is 7.20. The summed E-state index contributed by atoms with van der Waals surface area (Å²) in [5, 5.41) is 8.96. The van der Waals surface area contributed by atoms with Crippen LogP contribution in [-0.4, -0.2) is 67.9 Å². The third-order valence-electron chi connectivity index (χ3n) is 4.59. The molecule has 1 aliphatic rings. The highest BCUT2D eigenvalue weighted by atomic mass is 32.2. The lowest BCUT2D eigenvalue weighted by molar-refractivity contribution is -0.137. The highest BCUT2D eigenvalue weighted by molar-refractivity contribution is 7.89. The molecule has 27 heavy (non-hydrogen) atoms. The summed E-state index contributed by atoms with van der Waals surface area (Å²) < 4.78 is 32.9. The number of methoxy groups -OCH3 is 1. The number of benzene rings is 1. The highest BCUT2D eigenvalue weighted by Gasteiger charge is 2.30. The Bertz CT molecular complexity index is 785. The Morgan fingerprint density at radius 3 is 2.33 bits per heavy atom. The van der Waals surface area contributed by atoms with Crippen molar-refractivity contribution in [3.8, 4) is 5.75 Å². The number of carbonyl (C=O) groups is 2. The van der Waals surface area contributed by atoms with Crippen LogP contribution in [0.5, 0.6) is 5.75 Å². The van der Waals surface area contributed by atoms with Gasteiger partial charge in [0.2, 0.25) is 10.0 Å². The Hall–Kier alpha value is -2.13. The van der Waals surface area contributed by atoms with Crippen molar-refractivity contribution in [2.75, 3.05) is 33.3 Å². The van der Waals surface area contributed by atoms with Crippen LogP contribution in [-0.2, 0) is 14.8 Å². The molecule has 0 unspecified atom stereocenters. The quantitative estimate of drug-likeness (QED) is 0.751. The molecule has 8 nitrogen and oxygen atoms in total. The van der Waals surface area contributed by atoms with Crippen molar-refractivity contribution in [3.63, 3.8) is 0 Å². The Morgan fingerprint density at radius 2 is 1.81 bits per heavy atom. The molecule has 0 atom stereocenters. The van der Waals surface area contributed by atoms with E-state index >= 15 is 0 Å². The molecule has 1 N–H and O–H groups in total. The number of hydrogen-bond acceptors (Lipinski definition) is 5. The van der Waals surface area contributed by atoms with Gasteiger partial charge in [-0.05, 0) is 38.0 Å². The number of aliphatic carboxylic acids is 1. The minimum Gasteiger partial charge on any atom is -0.495 e. The number of hydrogen-bond donors (Lipinski definition) is 1. The molecule has 0 aliphatic carbocycles. The van der Waals surface area contributed by atoms with E-state index < -0.39 is 28.4 Å². The molecule has 1 heterocycles. The fourth-order valence-electron chi connectivity index (χ4n) is 3.11. The van der Waals surface area contributed by atoms with Crippen molar-refractivity contribution in [2.45, 2.75) is 37.5 Å². The molecular weight excluding hydrogens is 372 g/mol. The number of carboxylic acids is 1. The summed E-state index contributed by atoms with van der Waals surface area (Å²) in [7, 11) is -2.44. The zero-order chi connectivity index (χ0) is 20.0. The van der Waals surface area contributed by atoms with E-state index in [1.165, 1.54) is 29.6 Å². The van der Waals surface area contributed by atoms with Crippen LogP contribution in [0.1, 0.15) is 43.0 Å². The average Bonchev–Trinajstić information content (AvgIpc) is 2.95. The van der Waals surface area contributed by atoms with Gasteiger partial charge in [0.15, 0.2) is 0 Å². The van der Waals surface area contributed by atoms with Gasteiger partial charge in [0.25, 0.3) is 5.91 Å². The Morgan fingerprint density at radius 1 is 1.19 bits per heavy atom. The first-order valence-electron chi connectivity index (χ1n) is 9.00. The largest absolute Gasteiger partial charge is 0.495 e. The van der Waals surface area contributed by atoms with Gasteiger partial charge < -0.3 is 14.7 Å². The number of ether oxygens (including phenoxy) is 1. The summed E-state index contributed by atoms with van der Waals surface area (Å²) in [5.41, 5.74) is 0.118. The second kappa shape index (κ2) is 9.18. The first-order valence-corrected chi connectivity index (χ1v) is 10.4. The summed E-state index contributed by atoms with van der Waals surface area (Å²) in [5.74, 6) is -1.50. The van der Waals surface area contributed by atoms with Gasteiger partial charge in [-0.3, -0.25) is 9.59 Å². The van der Waals surface area contributed by atoms with Crippen LogP contribution < -0.4 is 4.74 Å². The molecule has 1 saturated heterocycles. The van der Waals surface area contributed by atoms with Gasteiger partial charge in [0.1, 0.15) is 17.2 Å². The van der Waals surface area contributed by atoms with Gasteiger partial charge in [-0.1, -0.05) is 12.8 Å². The summed E-state index contributed by atoms with van der Waals surface area (Å²) in [6.07, 6.45) is 3.56. The summed E-state index contributed by atoms with van der Waals surface area (Å²) in [4.78, 5) is 24.7. The van der Waals surface area contributed by atoms with E-state index in [2.05, 4.69) is 0 Å². The number of sulfonamides is 1. The molecular formula is C18H26N2O6S. The number of carbonyl (C=O) groups excluding carboxylic acids is 1. The van der Waals surface area contributed by atoms with Crippen LogP contribution in [0.3, 0.4) is 0 Å². The summed E-state index contributed by atoms with van der Waals surface area (Å²) in [6, 6.07) is 4.17. The topological polar surface area (TPSA) is 104 Å². The van der Waals surface area contributed by atoms with Crippen LogP contribution in [0.4, 0.5) is 0 Å². The predicted octanol–water partition coefficient (Wildman–Crippen LogP) is 1.81. The van der Waals surface area contributed by atoms with E-state index in [1.54, 1.807) is 6.92 Å². The second-order valence-corrected chi connectivity index (χ2v) is 8.30. The van der Waals surface area contributed by atoms with E-state index in [4.69, 9.17) is 9.84 Å². The second-order valence-electron chi connectivity index (χ2n) is 6.40. The maximum Gasteiger partial charge on any atom is 0.323 e. The molecule has 0 aromatic heterocycles. The lowest BCUT2D eigenvalue weighted by Gasteiger charge is -2.23. The average molecular weight is 398 g/mol. The third kappa shape index (κ3) is 4.98. The number of likely N-dealkylation sites (N-methyl/N-ethyl adjacent to an activating group) is 1. The van der Waals surface area contributed by atoms with E-state index in [0.717, 1.165) is 30.6 Å². The van der Waals surface area contributed by atoms with Crippen LogP contribution in [0.2, 0.25) is 0 Å². The molecule has 1 amide bonds. The third-order valence-corrected chi connectivity index (χ3v) is 6.51. The first kappa shape index (κ1) is 21.2. The van der Waals surface area contributed by atoms with Gasteiger partial charge >= 0.3 is 5.97 Å². The maximum atomic E-state index is 13.1. The summed E-state index contributed by atoms with van der Waals surface area (Å²) >= 11 is 0. The first-order chi connectivity index (χ1) is 12.8. The van der Waals surface area contributed by atoms with Gasteiger partial charge in [0, 0.05) is 25.2 Å².